The minimum atomic E-state index is -0.791. The van der Waals surface area contributed by atoms with Crippen LogP contribution in [0.15, 0.2) is 76.2 Å². The summed E-state index contributed by atoms with van der Waals surface area (Å²) in [4.78, 5) is 12.7. The topological polar surface area (TPSA) is 62.5 Å². The molecule has 0 saturated carbocycles. The number of aliphatic hydroxyl groups excluding tert-OH is 1. The lowest BCUT2D eigenvalue weighted by Crippen LogP contribution is -2.29. The van der Waals surface area contributed by atoms with Crippen LogP contribution in [0, 0.1) is 5.82 Å². The molecule has 0 saturated heterocycles. The average Bonchev–Trinajstić information content (AvgIpc) is 3.20. The molecule has 3 rings (SSSR count). The molecular weight excluding hydrogens is 353 g/mol. The summed E-state index contributed by atoms with van der Waals surface area (Å²) in [5.41, 5.74) is 1.64. The molecule has 4 nitrogen and oxygen atoms in total. The molecule has 2 N–H and O–H groups in total. The number of carbonyl (C=O) groups excluding carboxylic acids is 1. The summed E-state index contributed by atoms with van der Waals surface area (Å²) in [6, 6.07) is 17.0. The van der Waals surface area contributed by atoms with Crippen molar-refractivity contribution < 1.29 is 18.7 Å². The van der Waals surface area contributed by atoms with Crippen LogP contribution in [0.5, 0.6) is 0 Å². The lowest BCUT2D eigenvalue weighted by atomic mass is 10.1. The molecule has 0 fully saturated rings. The molecule has 0 radical (unpaired) electrons. The highest BCUT2D eigenvalue weighted by Gasteiger charge is 2.11. The van der Waals surface area contributed by atoms with Crippen LogP contribution >= 0.6 is 11.8 Å². The number of amides is 1. The third-order valence-electron chi connectivity index (χ3n) is 3.78. The van der Waals surface area contributed by atoms with Crippen LogP contribution in [0.25, 0.3) is 11.3 Å². The van der Waals surface area contributed by atoms with E-state index in [-0.39, 0.29) is 24.0 Å². The second-order valence-corrected chi connectivity index (χ2v) is 6.71. The summed E-state index contributed by atoms with van der Waals surface area (Å²) in [7, 11) is 0. The van der Waals surface area contributed by atoms with Gasteiger partial charge < -0.3 is 14.8 Å². The van der Waals surface area contributed by atoms with Gasteiger partial charge in [-0.1, -0.05) is 24.3 Å². The van der Waals surface area contributed by atoms with Crippen LogP contribution in [-0.2, 0) is 4.79 Å². The highest BCUT2D eigenvalue weighted by Crippen LogP contribution is 2.22. The largest absolute Gasteiger partial charge is 0.464 e. The second kappa shape index (κ2) is 8.69. The van der Waals surface area contributed by atoms with Crippen molar-refractivity contribution >= 4 is 17.7 Å². The van der Waals surface area contributed by atoms with Gasteiger partial charge in [-0.2, -0.15) is 0 Å². The van der Waals surface area contributed by atoms with Gasteiger partial charge in [0.05, 0.1) is 18.1 Å². The number of thioether (sulfide) groups is 1. The zero-order valence-corrected chi connectivity index (χ0v) is 14.7. The first kappa shape index (κ1) is 18.2. The molecular formula is C20H18FNO3S. The summed E-state index contributed by atoms with van der Waals surface area (Å²) < 4.78 is 18.2. The Kier molecular flexibility index (Phi) is 6.09. The number of carbonyl (C=O) groups is 1. The highest BCUT2D eigenvalue weighted by atomic mass is 32.2. The van der Waals surface area contributed by atoms with Crippen LogP contribution in [0.3, 0.4) is 0 Å². The number of halogens is 1. The predicted octanol–water partition coefficient (Wildman–Crippen LogP) is 4.03. The SMILES string of the molecule is O=C(CSc1ccc(F)cc1)NCC(O)c1ccc(-c2ccco2)cc1. The molecule has 0 aliphatic rings. The Balaban J connectivity index is 1.46. The molecule has 0 aliphatic carbocycles. The van der Waals surface area contributed by atoms with Gasteiger partial charge in [-0.3, -0.25) is 4.79 Å². The Morgan fingerprint density at radius 3 is 2.50 bits per heavy atom. The molecule has 1 unspecified atom stereocenters. The van der Waals surface area contributed by atoms with E-state index in [0.29, 0.717) is 5.56 Å². The maximum atomic E-state index is 12.8. The number of rotatable bonds is 7. The minimum absolute atomic E-state index is 0.128. The molecule has 1 atom stereocenters. The van der Waals surface area contributed by atoms with E-state index in [1.807, 2.05) is 36.4 Å². The van der Waals surface area contributed by atoms with Gasteiger partial charge in [0.25, 0.3) is 0 Å². The maximum Gasteiger partial charge on any atom is 0.230 e. The molecule has 1 amide bonds. The van der Waals surface area contributed by atoms with Crippen LogP contribution in [0.1, 0.15) is 11.7 Å². The Bertz CT molecular complexity index is 833. The third kappa shape index (κ3) is 4.97. The van der Waals surface area contributed by atoms with Crippen LogP contribution in [-0.4, -0.2) is 23.3 Å². The van der Waals surface area contributed by atoms with Crippen molar-refractivity contribution in [3.05, 3.63) is 78.3 Å². The minimum Gasteiger partial charge on any atom is -0.464 e. The second-order valence-electron chi connectivity index (χ2n) is 5.66. The van der Waals surface area contributed by atoms with E-state index in [1.165, 1.54) is 23.9 Å². The number of furan rings is 1. The van der Waals surface area contributed by atoms with Crippen LogP contribution in [0.4, 0.5) is 4.39 Å². The lowest BCUT2D eigenvalue weighted by molar-refractivity contribution is -0.119. The Morgan fingerprint density at radius 2 is 1.85 bits per heavy atom. The molecule has 3 aromatic rings. The van der Waals surface area contributed by atoms with E-state index in [9.17, 15) is 14.3 Å². The Labute approximate surface area is 155 Å². The van der Waals surface area contributed by atoms with E-state index >= 15 is 0 Å². The molecule has 1 aromatic heterocycles. The van der Waals surface area contributed by atoms with Gasteiger partial charge in [0.1, 0.15) is 11.6 Å². The number of benzene rings is 2. The lowest BCUT2D eigenvalue weighted by Gasteiger charge is -2.12. The zero-order chi connectivity index (χ0) is 18.4. The quantitative estimate of drug-likeness (QED) is 0.616. The van der Waals surface area contributed by atoms with Gasteiger partial charge in [0.2, 0.25) is 5.91 Å². The molecule has 134 valence electrons. The zero-order valence-electron chi connectivity index (χ0n) is 13.9. The first-order chi connectivity index (χ1) is 12.6. The fourth-order valence-corrected chi connectivity index (χ4v) is 3.10. The van der Waals surface area contributed by atoms with Crippen LogP contribution < -0.4 is 5.32 Å². The number of nitrogens with one attached hydrogen (secondary N) is 1. The van der Waals surface area contributed by atoms with E-state index in [1.54, 1.807) is 18.4 Å². The highest BCUT2D eigenvalue weighted by molar-refractivity contribution is 8.00. The van der Waals surface area contributed by atoms with Gasteiger partial charge in [-0.25, -0.2) is 4.39 Å². The van der Waals surface area contributed by atoms with Gasteiger partial charge in [-0.15, -0.1) is 11.8 Å². The monoisotopic (exact) mass is 371 g/mol. The molecule has 26 heavy (non-hydrogen) atoms. The van der Waals surface area contributed by atoms with E-state index in [2.05, 4.69) is 5.32 Å². The maximum absolute atomic E-state index is 12.8. The standard InChI is InChI=1S/C20H18FNO3S/c21-16-7-9-17(10-8-16)26-13-20(24)22-12-18(23)14-3-5-15(6-4-14)19-2-1-11-25-19/h1-11,18,23H,12-13H2,(H,22,24). The summed E-state index contributed by atoms with van der Waals surface area (Å²) in [5.74, 6) is 0.471. The van der Waals surface area contributed by atoms with Crippen molar-refractivity contribution in [2.75, 3.05) is 12.3 Å². The van der Waals surface area contributed by atoms with E-state index in [4.69, 9.17) is 4.42 Å². The van der Waals surface area contributed by atoms with Crippen molar-refractivity contribution in [1.82, 2.24) is 5.32 Å². The van der Waals surface area contributed by atoms with Crippen molar-refractivity contribution in [2.45, 2.75) is 11.0 Å². The van der Waals surface area contributed by atoms with Crippen LogP contribution in [0.2, 0.25) is 0 Å². The molecule has 2 aromatic carbocycles. The first-order valence-corrected chi connectivity index (χ1v) is 9.07. The number of aliphatic hydroxyl groups is 1. The summed E-state index contributed by atoms with van der Waals surface area (Å²) in [6.07, 6.45) is 0.817. The fraction of sp³-hybridized carbons (Fsp3) is 0.150. The van der Waals surface area contributed by atoms with Crippen molar-refractivity contribution in [2.24, 2.45) is 0 Å². The summed E-state index contributed by atoms with van der Waals surface area (Å²) in [6.45, 7) is 0.128. The number of hydrogen-bond acceptors (Lipinski definition) is 4. The smallest absolute Gasteiger partial charge is 0.230 e. The Morgan fingerprint density at radius 1 is 1.12 bits per heavy atom. The summed E-state index contributed by atoms with van der Waals surface area (Å²) in [5, 5.41) is 12.9. The fourth-order valence-electron chi connectivity index (χ4n) is 2.37. The van der Waals surface area contributed by atoms with Crippen molar-refractivity contribution in [3.8, 4) is 11.3 Å². The summed E-state index contributed by atoms with van der Waals surface area (Å²) >= 11 is 1.31. The van der Waals surface area contributed by atoms with Gasteiger partial charge in [0.15, 0.2) is 0 Å². The molecule has 0 spiro atoms. The Hall–Kier alpha value is -2.57. The van der Waals surface area contributed by atoms with Gasteiger partial charge >= 0.3 is 0 Å². The van der Waals surface area contributed by atoms with Gasteiger partial charge in [0, 0.05) is 17.0 Å². The normalized spacial score (nSPS) is 11.9. The third-order valence-corrected chi connectivity index (χ3v) is 4.79. The molecule has 0 aliphatic heterocycles. The molecule has 1 heterocycles. The number of hydrogen-bond donors (Lipinski definition) is 2. The average molecular weight is 371 g/mol. The molecule has 0 bridgehead atoms. The van der Waals surface area contributed by atoms with Crippen molar-refractivity contribution in [1.29, 1.82) is 0 Å². The van der Waals surface area contributed by atoms with Gasteiger partial charge in [-0.05, 0) is 42.0 Å². The van der Waals surface area contributed by atoms with Crippen molar-refractivity contribution in [3.63, 3.8) is 0 Å². The first-order valence-electron chi connectivity index (χ1n) is 8.09. The van der Waals surface area contributed by atoms with E-state index < -0.39 is 6.10 Å². The predicted molar refractivity (Wildman–Crippen MR) is 99.2 cm³/mol. The molecule has 6 heteroatoms. The van der Waals surface area contributed by atoms with E-state index in [0.717, 1.165) is 16.2 Å².